The number of aromatic nitrogens is 4. The molecule has 0 aliphatic rings. The van der Waals surface area contributed by atoms with Gasteiger partial charge < -0.3 is 9.53 Å². The molecule has 2 aromatic rings. The zero-order chi connectivity index (χ0) is 12.3. The monoisotopic (exact) mass is 231 g/mol. The smallest absolute Gasteiger partial charge is 0.202 e. The van der Waals surface area contributed by atoms with E-state index in [-0.39, 0.29) is 0 Å². The zero-order valence-corrected chi connectivity index (χ0v) is 10.00. The molecule has 0 saturated carbocycles. The van der Waals surface area contributed by atoms with Gasteiger partial charge in [-0.2, -0.15) is 5.10 Å². The van der Waals surface area contributed by atoms with Gasteiger partial charge in [0.1, 0.15) is 5.75 Å². The summed E-state index contributed by atoms with van der Waals surface area (Å²) in [6.45, 7) is 4.95. The molecule has 1 aromatic carbocycles. The normalized spacial score (nSPS) is 10.8. The standard InChI is InChI=1S/C12H15N4O/c1-9(2)8-17-11-6-4-10(5-7-11)12-13-15-16(3)14-12/h4-7,9H,3,8H2,1-2H3/q-1. The first-order valence-electron chi connectivity index (χ1n) is 5.49. The molecule has 0 radical (unpaired) electrons. The van der Waals surface area contributed by atoms with Crippen LogP contribution in [0.3, 0.4) is 0 Å². The summed E-state index contributed by atoms with van der Waals surface area (Å²) in [5, 5.41) is 11.6. The lowest BCUT2D eigenvalue weighted by molar-refractivity contribution is 0.271. The number of hydrogen-bond acceptors (Lipinski definition) is 4. The van der Waals surface area contributed by atoms with Gasteiger partial charge in [-0.05, 0) is 30.2 Å². The summed E-state index contributed by atoms with van der Waals surface area (Å²) in [7, 11) is 3.54. The van der Waals surface area contributed by atoms with Crippen LogP contribution in [0.4, 0.5) is 0 Å². The molecule has 5 heteroatoms. The Hall–Kier alpha value is -2.04. The second-order valence-corrected chi connectivity index (χ2v) is 4.21. The zero-order valence-electron chi connectivity index (χ0n) is 10.00. The van der Waals surface area contributed by atoms with Crippen LogP contribution in [0.5, 0.6) is 5.75 Å². The van der Waals surface area contributed by atoms with E-state index in [0.29, 0.717) is 18.3 Å². The van der Waals surface area contributed by atoms with Crippen molar-refractivity contribution in [2.45, 2.75) is 13.8 Å². The molecule has 0 amide bonds. The van der Waals surface area contributed by atoms with E-state index in [1.807, 2.05) is 24.3 Å². The second kappa shape index (κ2) is 4.86. The molecule has 90 valence electrons. The van der Waals surface area contributed by atoms with Gasteiger partial charge in [0.05, 0.1) is 6.61 Å². The number of ether oxygens (including phenoxy) is 1. The van der Waals surface area contributed by atoms with Crippen molar-refractivity contribution in [2.75, 3.05) is 6.61 Å². The molecule has 0 bridgehead atoms. The van der Waals surface area contributed by atoms with Gasteiger partial charge in [0, 0.05) is 5.56 Å². The van der Waals surface area contributed by atoms with Crippen molar-refractivity contribution in [2.24, 2.45) is 5.92 Å². The number of hydrogen-bond donors (Lipinski definition) is 0. The Morgan fingerprint density at radius 2 is 2.00 bits per heavy atom. The number of tetrazole rings is 1. The van der Waals surface area contributed by atoms with E-state index in [1.54, 1.807) is 0 Å². The summed E-state index contributed by atoms with van der Waals surface area (Å²) in [6, 6.07) is 7.63. The number of nitrogens with zero attached hydrogens (tertiary/aromatic N) is 4. The highest BCUT2D eigenvalue weighted by atomic mass is 16.5. The summed E-state index contributed by atoms with van der Waals surface area (Å²) < 4.78 is 5.59. The maximum atomic E-state index is 5.59. The molecule has 17 heavy (non-hydrogen) atoms. The van der Waals surface area contributed by atoms with E-state index in [0.717, 1.165) is 11.3 Å². The number of benzene rings is 1. The van der Waals surface area contributed by atoms with Crippen molar-refractivity contribution in [3.05, 3.63) is 31.3 Å². The van der Waals surface area contributed by atoms with Crippen LogP contribution >= 0.6 is 0 Å². The molecule has 0 saturated heterocycles. The van der Waals surface area contributed by atoms with E-state index < -0.39 is 0 Å². The minimum atomic E-state index is 0.516. The van der Waals surface area contributed by atoms with E-state index in [2.05, 4.69) is 36.3 Å². The minimum absolute atomic E-state index is 0.516. The summed E-state index contributed by atoms with van der Waals surface area (Å²) in [4.78, 5) is 1.19. The SMILES string of the molecule is [CH2-]n1nnc(-c2ccc(OCC(C)C)cc2)n1. The van der Waals surface area contributed by atoms with Gasteiger partial charge in [-0.1, -0.05) is 19.1 Å². The molecule has 0 fully saturated rings. The quantitative estimate of drug-likeness (QED) is 0.755. The molecule has 0 spiro atoms. The van der Waals surface area contributed by atoms with Crippen LogP contribution in [-0.2, 0) is 0 Å². The van der Waals surface area contributed by atoms with Crippen molar-refractivity contribution >= 4 is 0 Å². The maximum absolute atomic E-state index is 5.59. The summed E-state index contributed by atoms with van der Waals surface area (Å²) in [5.74, 6) is 1.93. The predicted octanol–water partition coefficient (Wildman–Crippen LogP) is 2.01. The third kappa shape index (κ3) is 2.96. The molecule has 0 unspecified atom stereocenters. The molecule has 1 heterocycles. The minimum Gasteiger partial charge on any atom is -0.493 e. The van der Waals surface area contributed by atoms with Crippen LogP contribution in [0.1, 0.15) is 13.8 Å². The van der Waals surface area contributed by atoms with Gasteiger partial charge in [-0.25, -0.2) is 0 Å². The lowest BCUT2D eigenvalue weighted by atomic mass is 10.2. The topological polar surface area (TPSA) is 52.8 Å². The van der Waals surface area contributed by atoms with Crippen molar-refractivity contribution in [1.82, 2.24) is 20.2 Å². The van der Waals surface area contributed by atoms with Crippen LogP contribution in [0.15, 0.2) is 24.3 Å². The Morgan fingerprint density at radius 3 is 2.53 bits per heavy atom. The van der Waals surface area contributed by atoms with Crippen LogP contribution < -0.4 is 4.74 Å². The van der Waals surface area contributed by atoms with Crippen LogP contribution in [0.25, 0.3) is 11.4 Å². The molecule has 0 atom stereocenters. The van der Waals surface area contributed by atoms with Gasteiger partial charge in [-0.15, -0.1) is 5.10 Å². The third-order valence-corrected chi connectivity index (χ3v) is 2.15. The average molecular weight is 231 g/mol. The van der Waals surface area contributed by atoms with Crippen LogP contribution in [0.2, 0.25) is 0 Å². The van der Waals surface area contributed by atoms with Crippen molar-refractivity contribution < 1.29 is 4.74 Å². The molecule has 0 N–H and O–H groups in total. The van der Waals surface area contributed by atoms with Gasteiger partial charge in [-0.3, -0.25) is 7.05 Å². The van der Waals surface area contributed by atoms with Crippen molar-refractivity contribution in [3.63, 3.8) is 0 Å². The molecule has 0 aliphatic carbocycles. The van der Waals surface area contributed by atoms with E-state index in [1.165, 1.54) is 4.80 Å². The van der Waals surface area contributed by atoms with Crippen molar-refractivity contribution in [3.8, 4) is 17.1 Å². The van der Waals surface area contributed by atoms with Gasteiger partial charge in [0.15, 0.2) is 0 Å². The van der Waals surface area contributed by atoms with Gasteiger partial charge in [0.25, 0.3) is 0 Å². The second-order valence-electron chi connectivity index (χ2n) is 4.21. The van der Waals surface area contributed by atoms with E-state index >= 15 is 0 Å². The third-order valence-electron chi connectivity index (χ3n) is 2.15. The lowest BCUT2D eigenvalue weighted by Gasteiger charge is -2.08. The fourth-order valence-corrected chi connectivity index (χ4v) is 1.32. The molecule has 2 rings (SSSR count). The molecule has 5 nitrogen and oxygen atoms in total. The lowest BCUT2D eigenvalue weighted by Crippen LogP contribution is -2.04. The number of rotatable bonds is 4. The fourth-order valence-electron chi connectivity index (χ4n) is 1.32. The molecular formula is C12H15N4O-. The van der Waals surface area contributed by atoms with E-state index in [9.17, 15) is 0 Å². The largest absolute Gasteiger partial charge is 0.493 e. The first-order chi connectivity index (χ1) is 8.15. The van der Waals surface area contributed by atoms with E-state index in [4.69, 9.17) is 4.74 Å². The Morgan fingerprint density at radius 1 is 1.29 bits per heavy atom. The summed E-state index contributed by atoms with van der Waals surface area (Å²) in [6.07, 6.45) is 0. The highest BCUT2D eigenvalue weighted by Crippen LogP contribution is 2.18. The van der Waals surface area contributed by atoms with Gasteiger partial charge >= 0.3 is 0 Å². The fraction of sp³-hybridized carbons (Fsp3) is 0.333. The van der Waals surface area contributed by atoms with Crippen LogP contribution in [-0.4, -0.2) is 26.8 Å². The Balaban J connectivity index is 2.07. The van der Waals surface area contributed by atoms with Gasteiger partial charge in [0.2, 0.25) is 5.82 Å². The Bertz CT molecular complexity index is 476. The first-order valence-corrected chi connectivity index (χ1v) is 5.49. The summed E-state index contributed by atoms with van der Waals surface area (Å²) in [5.41, 5.74) is 0.900. The average Bonchev–Trinajstić information content (AvgIpc) is 2.74. The maximum Gasteiger partial charge on any atom is 0.202 e. The summed E-state index contributed by atoms with van der Waals surface area (Å²) >= 11 is 0. The highest BCUT2D eigenvalue weighted by Gasteiger charge is 2.03. The predicted molar refractivity (Wildman–Crippen MR) is 64.3 cm³/mol. The van der Waals surface area contributed by atoms with Crippen molar-refractivity contribution in [1.29, 1.82) is 0 Å². The Labute approximate surface area is 100 Å². The Kier molecular flexibility index (Phi) is 3.27. The first kappa shape index (κ1) is 11.4. The molecule has 1 aromatic heterocycles. The molecule has 0 aliphatic heterocycles. The van der Waals surface area contributed by atoms with Crippen LogP contribution in [0, 0.1) is 13.0 Å². The highest BCUT2D eigenvalue weighted by molar-refractivity contribution is 5.55. The molecular weight excluding hydrogens is 216 g/mol.